The van der Waals surface area contributed by atoms with Crippen LogP contribution in [0.1, 0.15) is 5.56 Å². The number of carbonyl (C=O) groups is 2. The normalized spacial score (nSPS) is 16.8. The predicted molar refractivity (Wildman–Crippen MR) is 117 cm³/mol. The molecule has 0 spiro atoms. The van der Waals surface area contributed by atoms with E-state index in [1.165, 1.54) is 4.90 Å². The number of rotatable bonds is 8. The van der Waals surface area contributed by atoms with Gasteiger partial charge in [0.25, 0.3) is 0 Å². The molecular formula is C19H22ClN5O5S. The highest BCUT2D eigenvalue weighted by atomic mass is 35.5. The number of aliphatic hydroxyl groups excluding tert-OH is 1. The summed E-state index contributed by atoms with van der Waals surface area (Å²) in [5.41, 5.74) is 1.72. The molecule has 1 heterocycles. The zero-order valence-electron chi connectivity index (χ0n) is 16.6. The van der Waals surface area contributed by atoms with Crippen molar-refractivity contribution in [2.45, 2.75) is 12.8 Å². The van der Waals surface area contributed by atoms with Crippen molar-refractivity contribution in [3.8, 4) is 0 Å². The van der Waals surface area contributed by atoms with Crippen LogP contribution in [-0.4, -0.2) is 61.1 Å². The topological polar surface area (TPSA) is 131 Å². The van der Waals surface area contributed by atoms with Crippen molar-refractivity contribution in [3.63, 3.8) is 0 Å². The number of sulfonamides is 1. The number of β-amino-alcohol motifs (C(OH)–C–C–N with tert-alkyl or cyclic N) is 1. The summed E-state index contributed by atoms with van der Waals surface area (Å²) in [4.78, 5) is 27.6. The third-order valence-electron chi connectivity index (χ3n) is 4.37. The third-order valence-corrected chi connectivity index (χ3v) is 5.23. The second-order valence-electron chi connectivity index (χ2n) is 6.86. The van der Waals surface area contributed by atoms with Crippen molar-refractivity contribution >= 4 is 45.1 Å². The lowest BCUT2D eigenvalue weighted by Crippen LogP contribution is -2.67. The standard InChI is InChI=1S/C19H22ClN5O5S/c1-31(29,30)23-16-8-6-15(7-9-16)21-17-22-18(27)24(10-11-26)19(28)25(17)12-13-2-4-14(20)5-3-13/h2-9,17,21,23,26H,10-12H2,1H3,(H,22,27). The molecule has 0 aromatic heterocycles. The minimum Gasteiger partial charge on any atom is -0.395 e. The van der Waals surface area contributed by atoms with E-state index in [2.05, 4.69) is 15.4 Å². The first-order valence-corrected chi connectivity index (χ1v) is 11.5. The van der Waals surface area contributed by atoms with Gasteiger partial charge in [-0.25, -0.2) is 22.9 Å². The number of aliphatic hydroxyl groups is 1. The summed E-state index contributed by atoms with van der Waals surface area (Å²) < 4.78 is 25.1. The van der Waals surface area contributed by atoms with Crippen LogP contribution < -0.4 is 15.4 Å². The number of amides is 4. The van der Waals surface area contributed by atoms with E-state index in [1.807, 2.05) is 0 Å². The number of nitrogens with zero attached hydrogens (tertiary/aromatic N) is 2. The van der Waals surface area contributed by atoms with Crippen LogP contribution in [0.4, 0.5) is 21.0 Å². The number of hydrogen-bond acceptors (Lipinski definition) is 6. The van der Waals surface area contributed by atoms with Gasteiger partial charge in [-0.05, 0) is 42.0 Å². The number of halogens is 1. The van der Waals surface area contributed by atoms with Crippen LogP contribution in [0, 0.1) is 0 Å². The van der Waals surface area contributed by atoms with Crippen LogP contribution in [-0.2, 0) is 16.6 Å². The zero-order chi connectivity index (χ0) is 22.6. The van der Waals surface area contributed by atoms with Crippen LogP contribution >= 0.6 is 11.6 Å². The number of urea groups is 2. The van der Waals surface area contributed by atoms with Crippen molar-refractivity contribution < 1.29 is 23.1 Å². The minimum absolute atomic E-state index is 0.139. The Kier molecular flexibility index (Phi) is 6.88. The second kappa shape index (κ2) is 9.41. The number of hydrogen-bond donors (Lipinski definition) is 4. The average molecular weight is 468 g/mol. The maximum absolute atomic E-state index is 12.9. The van der Waals surface area contributed by atoms with Crippen molar-refractivity contribution in [3.05, 3.63) is 59.1 Å². The predicted octanol–water partition coefficient (Wildman–Crippen LogP) is 2.05. The first-order chi connectivity index (χ1) is 14.7. The van der Waals surface area contributed by atoms with E-state index in [-0.39, 0.29) is 19.7 Å². The summed E-state index contributed by atoms with van der Waals surface area (Å²) >= 11 is 5.93. The van der Waals surface area contributed by atoms with E-state index in [0.29, 0.717) is 16.4 Å². The second-order valence-corrected chi connectivity index (χ2v) is 9.05. The van der Waals surface area contributed by atoms with Crippen molar-refractivity contribution in [1.82, 2.24) is 15.1 Å². The molecule has 1 unspecified atom stereocenters. The molecular weight excluding hydrogens is 446 g/mol. The summed E-state index contributed by atoms with van der Waals surface area (Å²) in [5.74, 6) is 0. The molecule has 1 saturated heterocycles. The third kappa shape index (κ3) is 6.00. The smallest absolute Gasteiger partial charge is 0.331 e. The first kappa shape index (κ1) is 22.7. The lowest BCUT2D eigenvalue weighted by molar-refractivity contribution is 0.0992. The highest BCUT2D eigenvalue weighted by molar-refractivity contribution is 7.92. The van der Waals surface area contributed by atoms with E-state index in [1.54, 1.807) is 48.5 Å². The van der Waals surface area contributed by atoms with Gasteiger partial charge in [0.2, 0.25) is 10.0 Å². The Bertz CT molecular complexity index is 1050. The fraction of sp³-hybridized carbons (Fsp3) is 0.263. The lowest BCUT2D eigenvalue weighted by Gasteiger charge is -2.41. The monoisotopic (exact) mass is 467 g/mol. The largest absolute Gasteiger partial charge is 0.395 e. The maximum Gasteiger partial charge on any atom is 0.331 e. The summed E-state index contributed by atoms with van der Waals surface area (Å²) in [6, 6.07) is 12.1. The molecule has 0 saturated carbocycles. The van der Waals surface area contributed by atoms with Crippen LogP contribution in [0.5, 0.6) is 0 Å². The van der Waals surface area contributed by atoms with Gasteiger partial charge >= 0.3 is 12.1 Å². The minimum atomic E-state index is -3.41. The molecule has 0 bridgehead atoms. The number of imide groups is 1. The van der Waals surface area contributed by atoms with Gasteiger partial charge in [0.05, 0.1) is 26.0 Å². The SMILES string of the molecule is CS(=O)(=O)Nc1ccc(NC2NC(=O)N(CCO)C(=O)N2Cc2ccc(Cl)cc2)cc1. The molecule has 4 N–H and O–H groups in total. The van der Waals surface area contributed by atoms with Crippen LogP contribution in [0.25, 0.3) is 0 Å². The number of nitrogens with one attached hydrogen (secondary N) is 3. The van der Waals surface area contributed by atoms with Crippen molar-refractivity contribution in [1.29, 1.82) is 0 Å². The van der Waals surface area contributed by atoms with E-state index in [9.17, 15) is 23.1 Å². The summed E-state index contributed by atoms with van der Waals surface area (Å²) in [5, 5.41) is 15.5. The fourth-order valence-corrected chi connectivity index (χ4v) is 3.68. The summed E-state index contributed by atoms with van der Waals surface area (Å²) in [7, 11) is -3.41. The molecule has 1 aliphatic heterocycles. The Hall–Kier alpha value is -3.02. The molecule has 31 heavy (non-hydrogen) atoms. The van der Waals surface area contributed by atoms with Crippen LogP contribution in [0.3, 0.4) is 0 Å². The van der Waals surface area contributed by atoms with Gasteiger partial charge in [0.15, 0.2) is 6.29 Å². The highest BCUT2D eigenvalue weighted by Crippen LogP contribution is 2.20. The highest BCUT2D eigenvalue weighted by Gasteiger charge is 2.38. The van der Waals surface area contributed by atoms with Crippen LogP contribution in [0.2, 0.25) is 5.02 Å². The van der Waals surface area contributed by atoms with Gasteiger partial charge in [-0.1, -0.05) is 23.7 Å². The maximum atomic E-state index is 12.9. The molecule has 0 aliphatic carbocycles. The van der Waals surface area contributed by atoms with Gasteiger partial charge in [0, 0.05) is 16.4 Å². The summed E-state index contributed by atoms with van der Waals surface area (Å²) in [6.45, 7) is -0.329. The average Bonchev–Trinajstić information content (AvgIpc) is 2.70. The Balaban J connectivity index is 1.81. The Morgan fingerprint density at radius 1 is 1.06 bits per heavy atom. The van der Waals surface area contributed by atoms with E-state index < -0.39 is 28.4 Å². The zero-order valence-corrected chi connectivity index (χ0v) is 18.2. The first-order valence-electron chi connectivity index (χ1n) is 9.24. The molecule has 10 nitrogen and oxygen atoms in total. The van der Waals surface area contributed by atoms with Crippen LogP contribution in [0.15, 0.2) is 48.5 Å². The molecule has 2 aromatic rings. The van der Waals surface area contributed by atoms with Gasteiger partial charge in [-0.3, -0.25) is 14.9 Å². The molecule has 1 aliphatic rings. The van der Waals surface area contributed by atoms with E-state index >= 15 is 0 Å². The molecule has 3 rings (SSSR count). The molecule has 1 atom stereocenters. The fourth-order valence-electron chi connectivity index (χ4n) is 2.99. The lowest BCUT2D eigenvalue weighted by atomic mass is 10.2. The molecule has 4 amide bonds. The Labute approximate surface area is 184 Å². The van der Waals surface area contributed by atoms with Gasteiger partial charge in [-0.15, -0.1) is 0 Å². The quantitative estimate of drug-likeness (QED) is 0.470. The number of carbonyl (C=O) groups excluding carboxylic acids is 2. The van der Waals surface area contributed by atoms with E-state index in [0.717, 1.165) is 16.7 Å². The Morgan fingerprint density at radius 2 is 1.68 bits per heavy atom. The Morgan fingerprint density at radius 3 is 2.26 bits per heavy atom. The molecule has 2 aromatic carbocycles. The van der Waals surface area contributed by atoms with E-state index in [4.69, 9.17) is 11.6 Å². The number of anilines is 2. The van der Waals surface area contributed by atoms with Gasteiger partial charge < -0.3 is 10.4 Å². The molecule has 0 radical (unpaired) electrons. The number of benzene rings is 2. The molecule has 12 heteroatoms. The van der Waals surface area contributed by atoms with Crippen molar-refractivity contribution in [2.75, 3.05) is 29.4 Å². The molecule has 1 fully saturated rings. The van der Waals surface area contributed by atoms with Crippen molar-refractivity contribution in [2.24, 2.45) is 0 Å². The molecule has 166 valence electrons. The van der Waals surface area contributed by atoms with Gasteiger partial charge in [-0.2, -0.15) is 0 Å². The van der Waals surface area contributed by atoms with Gasteiger partial charge in [0.1, 0.15) is 0 Å². The summed E-state index contributed by atoms with van der Waals surface area (Å²) in [6.07, 6.45) is 0.175.